The minimum atomic E-state index is 0.0284. The van der Waals surface area contributed by atoms with Crippen molar-refractivity contribution in [2.75, 3.05) is 6.54 Å². The zero-order valence-electron chi connectivity index (χ0n) is 12.9. The standard InChI is InChI=1S/C18H18ClN3O/c1-13-2-4-14(5-3-13)10-18(23)20-9-8-16-12-22-11-15(19)6-7-17(22)21-16/h2-7,11-12H,8-10H2,1H3,(H,20,23). The highest BCUT2D eigenvalue weighted by atomic mass is 35.5. The van der Waals surface area contributed by atoms with E-state index in [1.807, 2.05) is 60.1 Å². The van der Waals surface area contributed by atoms with Crippen molar-refractivity contribution in [2.45, 2.75) is 19.8 Å². The number of hydrogen-bond donors (Lipinski definition) is 1. The van der Waals surface area contributed by atoms with E-state index in [4.69, 9.17) is 11.6 Å². The lowest BCUT2D eigenvalue weighted by atomic mass is 10.1. The fourth-order valence-electron chi connectivity index (χ4n) is 2.42. The van der Waals surface area contributed by atoms with Gasteiger partial charge in [-0.05, 0) is 24.6 Å². The van der Waals surface area contributed by atoms with Gasteiger partial charge < -0.3 is 9.72 Å². The van der Waals surface area contributed by atoms with E-state index in [0.717, 1.165) is 16.9 Å². The molecule has 0 aliphatic carbocycles. The Hall–Kier alpha value is -2.33. The summed E-state index contributed by atoms with van der Waals surface area (Å²) in [6, 6.07) is 11.7. The smallest absolute Gasteiger partial charge is 0.224 e. The SMILES string of the molecule is Cc1ccc(CC(=O)NCCc2cn3cc(Cl)ccc3n2)cc1. The van der Waals surface area contributed by atoms with Gasteiger partial charge in [0.1, 0.15) is 5.65 Å². The van der Waals surface area contributed by atoms with Crippen LogP contribution in [0.3, 0.4) is 0 Å². The quantitative estimate of drug-likeness (QED) is 0.782. The Morgan fingerprint density at radius 1 is 1.17 bits per heavy atom. The number of amides is 1. The zero-order chi connectivity index (χ0) is 16.2. The van der Waals surface area contributed by atoms with E-state index in [9.17, 15) is 4.79 Å². The number of hydrogen-bond acceptors (Lipinski definition) is 2. The minimum Gasteiger partial charge on any atom is -0.355 e. The molecule has 5 heteroatoms. The highest BCUT2D eigenvalue weighted by molar-refractivity contribution is 6.30. The second-order valence-corrected chi connectivity index (χ2v) is 6.04. The summed E-state index contributed by atoms with van der Waals surface area (Å²) in [6.45, 7) is 2.61. The molecule has 2 heterocycles. The lowest BCUT2D eigenvalue weighted by Crippen LogP contribution is -2.27. The number of halogens is 1. The number of nitrogens with one attached hydrogen (secondary N) is 1. The number of carbonyl (C=O) groups excluding carboxylic acids is 1. The Balaban J connectivity index is 1.51. The molecule has 1 N–H and O–H groups in total. The van der Waals surface area contributed by atoms with Crippen molar-refractivity contribution < 1.29 is 4.79 Å². The van der Waals surface area contributed by atoms with Gasteiger partial charge in [-0.25, -0.2) is 4.98 Å². The van der Waals surface area contributed by atoms with Gasteiger partial charge >= 0.3 is 0 Å². The van der Waals surface area contributed by atoms with Gasteiger partial charge in [0.05, 0.1) is 17.1 Å². The summed E-state index contributed by atoms with van der Waals surface area (Å²) in [5, 5.41) is 3.61. The van der Waals surface area contributed by atoms with E-state index in [0.29, 0.717) is 24.4 Å². The van der Waals surface area contributed by atoms with Gasteiger partial charge in [-0.1, -0.05) is 41.4 Å². The van der Waals surface area contributed by atoms with E-state index in [-0.39, 0.29) is 5.91 Å². The minimum absolute atomic E-state index is 0.0284. The third-order valence-corrected chi connectivity index (χ3v) is 3.88. The molecule has 118 valence electrons. The molecule has 4 nitrogen and oxygen atoms in total. The van der Waals surface area contributed by atoms with E-state index >= 15 is 0 Å². The predicted molar refractivity (Wildman–Crippen MR) is 91.8 cm³/mol. The van der Waals surface area contributed by atoms with Crippen LogP contribution in [0.4, 0.5) is 0 Å². The summed E-state index contributed by atoms with van der Waals surface area (Å²) in [6.07, 6.45) is 4.86. The highest BCUT2D eigenvalue weighted by Gasteiger charge is 2.05. The van der Waals surface area contributed by atoms with Crippen LogP contribution < -0.4 is 5.32 Å². The van der Waals surface area contributed by atoms with Crippen LogP contribution in [-0.4, -0.2) is 21.8 Å². The fourth-order valence-corrected chi connectivity index (χ4v) is 2.59. The zero-order valence-corrected chi connectivity index (χ0v) is 13.7. The number of benzene rings is 1. The van der Waals surface area contributed by atoms with Crippen LogP contribution in [0.15, 0.2) is 48.8 Å². The van der Waals surface area contributed by atoms with E-state index in [2.05, 4.69) is 10.3 Å². The van der Waals surface area contributed by atoms with Crippen molar-refractivity contribution in [1.29, 1.82) is 0 Å². The van der Waals surface area contributed by atoms with Crippen molar-refractivity contribution in [3.05, 3.63) is 70.6 Å². The molecule has 0 spiro atoms. The van der Waals surface area contributed by atoms with Crippen LogP contribution >= 0.6 is 11.6 Å². The number of nitrogens with zero attached hydrogens (tertiary/aromatic N) is 2. The number of fused-ring (bicyclic) bond motifs is 1. The first kappa shape index (κ1) is 15.6. The van der Waals surface area contributed by atoms with Crippen LogP contribution in [0, 0.1) is 6.92 Å². The number of carbonyl (C=O) groups is 1. The average molecular weight is 328 g/mol. The number of aromatic nitrogens is 2. The molecule has 23 heavy (non-hydrogen) atoms. The molecule has 0 fully saturated rings. The molecule has 1 aromatic carbocycles. The first-order valence-electron chi connectivity index (χ1n) is 7.55. The van der Waals surface area contributed by atoms with Crippen LogP contribution in [0.2, 0.25) is 5.02 Å². The first-order valence-corrected chi connectivity index (χ1v) is 7.93. The fraction of sp³-hybridized carbons (Fsp3) is 0.222. The third kappa shape index (κ3) is 4.11. The molecule has 3 aromatic rings. The topological polar surface area (TPSA) is 46.4 Å². The number of rotatable bonds is 5. The van der Waals surface area contributed by atoms with Crippen molar-refractivity contribution in [2.24, 2.45) is 0 Å². The molecule has 0 bridgehead atoms. The van der Waals surface area contributed by atoms with E-state index in [1.165, 1.54) is 5.56 Å². The maximum Gasteiger partial charge on any atom is 0.224 e. The van der Waals surface area contributed by atoms with Crippen molar-refractivity contribution in [1.82, 2.24) is 14.7 Å². The Labute approximate surface area is 140 Å². The highest BCUT2D eigenvalue weighted by Crippen LogP contribution is 2.12. The summed E-state index contributed by atoms with van der Waals surface area (Å²) in [4.78, 5) is 16.4. The summed E-state index contributed by atoms with van der Waals surface area (Å²) >= 11 is 5.95. The van der Waals surface area contributed by atoms with Crippen LogP contribution in [-0.2, 0) is 17.6 Å². The van der Waals surface area contributed by atoms with E-state index < -0.39 is 0 Å². The van der Waals surface area contributed by atoms with Crippen molar-refractivity contribution in [3.63, 3.8) is 0 Å². The third-order valence-electron chi connectivity index (χ3n) is 3.65. The lowest BCUT2D eigenvalue weighted by Gasteiger charge is -2.04. The molecule has 0 atom stereocenters. The van der Waals surface area contributed by atoms with E-state index in [1.54, 1.807) is 0 Å². The Morgan fingerprint density at radius 2 is 1.96 bits per heavy atom. The Morgan fingerprint density at radius 3 is 2.74 bits per heavy atom. The number of pyridine rings is 1. The van der Waals surface area contributed by atoms with Gasteiger partial charge in [-0.3, -0.25) is 4.79 Å². The molecule has 2 aromatic heterocycles. The van der Waals surface area contributed by atoms with Crippen LogP contribution in [0.25, 0.3) is 5.65 Å². The molecule has 1 amide bonds. The molecule has 0 aliphatic rings. The molecule has 0 saturated carbocycles. The van der Waals surface area contributed by atoms with Gasteiger partial charge in [0.2, 0.25) is 5.91 Å². The summed E-state index contributed by atoms with van der Waals surface area (Å²) in [5.41, 5.74) is 4.01. The molecular weight excluding hydrogens is 310 g/mol. The average Bonchev–Trinajstić information content (AvgIpc) is 2.91. The molecular formula is C18H18ClN3O. The largest absolute Gasteiger partial charge is 0.355 e. The van der Waals surface area contributed by atoms with Gasteiger partial charge in [-0.2, -0.15) is 0 Å². The van der Waals surface area contributed by atoms with Gasteiger partial charge in [-0.15, -0.1) is 0 Å². The number of imidazole rings is 1. The number of aryl methyl sites for hydroxylation is 1. The monoisotopic (exact) mass is 327 g/mol. The van der Waals surface area contributed by atoms with Crippen LogP contribution in [0.5, 0.6) is 0 Å². The normalized spacial score (nSPS) is 10.9. The van der Waals surface area contributed by atoms with Crippen LogP contribution in [0.1, 0.15) is 16.8 Å². The second kappa shape index (κ2) is 6.84. The van der Waals surface area contributed by atoms with Crippen molar-refractivity contribution >= 4 is 23.2 Å². The summed E-state index contributed by atoms with van der Waals surface area (Å²) < 4.78 is 1.89. The molecule has 0 unspecified atom stereocenters. The predicted octanol–water partition coefficient (Wildman–Crippen LogP) is 3.20. The van der Waals surface area contributed by atoms with Gasteiger partial charge in [0.25, 0.3) is 0 Å². The Kier molecular flexibility index (Phi) is 4.63. The molecule has 0 aliphatic heterocycles. The van der Waals surface area contributed by atoms with Crippen molar-refractivity contribution in [3.8, 4) is 0 Å². The second-order valence-electron chi connectivity index (χ2n) is 5.61. The molecule has 0 saturated heterocycles. The first-order chi connectivity index (χ1) is 11.1. The van der Waals surface area contributed by atoms with Gasteiger partial charge in [0.15, 0.2) is 0 Å². The maximum absolute atomic E-state index is 12.0. The maximum atomic E-state index is 12.0. The summed E-state index contributed by atoms with van der Waals surface area (Å²) in [5.74, 6) is 0.0284. The lowest BCUT2D eigenvalue weighted by molar-refractivity contribution is -0.120. The van der Waals surface area contributed by atoms with Gasteiger partial charge in [0, 0.05) is 25.4 Å². The Bertz CT molecular complexity index is 824. The molecule has 3 rings (SSSR count). The summed E-state index contributed by atoms with van der Waals surface area (Å²) in [7, 11) is 0. The molecule has 0 radical (unpaired) electrons.